The normalized spacial score (nSPS) is 15.0. The second kappa shape index (κ2) is 8.97. The van der Waals surface area contributed by atoms with Gasteiger partial charge in [-0.1, -0.05) is 98.2 Å². The highest BCUT2D eigenvalue weighted by molar-refractivity contribution is 7.52. The molecule has 6 rings (SSSR count). The molecule has 1 N–H and O–H groups in total. The number of hydrogen-bond donors (Lipinski definition) is 1. The van der Waals surface area contributed by atoms with Gasteiger partial charge in [-0.25, -0.2) is 4.57 Å². The summed E-state index contributed by atoms with van der Waals surface area (Å²) in [5, 5.41) is 8.08. The van der Waals surface area contributed by atoms with E-state index in [0.717, 1.165) is 38.2 Å². The van der Waals surface area contributed by atoms with Gasteiger partial charge in [0.25, 0.3) is 0 Å². The molecule has 0 aromatic heterocycles. The Hall–Kier alpha value is -3.30. The maximum Gasteiger partial charge on any atom is 0.513 e. The molecule has 180 valence electrons. The highest BCUT2D eigenvalue weighted by Crippen LogP contribution is 2.58. The summed E-state index contributed by atoms with van der Waals surface area (Å²) in [7, 11) is -3.85. The molecule has 1 aliphatic rings. The third kappa shape index (κ3) is 4.06. The van der Waals surface area contributed by atoms with E-state index in [0.29, 0.717) is 16.5 Å². The van der Waals surface area contributed by atoms with E-state index in [1.165, 1.54) is 0 Å². The topological polar surface area (TPSA) is 47.6 Å². The molecule has 0 saturated carbocycles. The van der Waals surface area contributed by atoms with Gasteiger partial charge >= 0.3 is 7.75 Å². The van der Waals surface area contributed by atoms with Crippen molar-refractivity contribution in [2.24, 2.45) is 5.92 Å². The van der Waals surface area contributed by atoms with Crippen molar-refractivity contribution in [1.29, 1.82) is 0 Å². The van der Waals surface area contributed by atoms with E-state index in [2.05, 4.69) is 43.2 Å². The van der Waals surface area contributed by atoms with Crippen LogP contribution in [0.25, 0.3) is 32.7 Å². The minimum Gasteiger partial charge on any atom is -0.404 e. The summed E-state index contributed by atoms with van der Waals surface area (Å²) in [4.78, 5) is 0. The SMILES string of the molecule is CC(C)[C@H](NP1(=O)Oc2ccc3ccccc3c2-c2c(ccc3ccccc23)O1)c1ccc(Cl)cc1. The lowest BCUT2D eigenvalue weighted by molar-refractivity contribution is 0.348. The van der Waals surface area contributed by atoms with Crippen molar-refractivity contribution < 1.29 is 13.6 Å². The van der Waals surface area contributed by atoms with Crippen molar-refractivity contribution in [2.75, 3.05) is 0 Å². The summed E-state index contributed by atoms with van der Waals surface area (Å²) >= 11 is 6.12. The molecule has 5 aromatic rings. The van der Waals surface area contributed by atoms with E-state index in [1.54, 1.807) is 0 Å². The second-order valence-electron chi connectivity index (χ2n) is 9.40. The molecule has 0 fully saturated rings. The van der Waals surface area contributed by atoms with Crippen LogP contribution in [0.1, 0.15) is 25.5 Å². The lowest BCUT2D eigenvalue weighted by Crippen LogP contribution is -2.27. The zero-order valence-corrected chi connectivity index (χ0v) is 21.6. The van der Waals surface area contributed by atoms with Crippen molar-refractivity contribution in [3.63, 3.8) is 0 Å². The Kier molecular flexibility index (Phi) is 5.76. The van der Waals surface area contributed by atoms with E-state index in [-0.39, 0.29) is 12.0 Å². The minimum atomic E-state index is -3.85. The van der Waals surface area contributed by atoms with Crippen LogP contribution in [0.5, 0.6) is 11.5 Å². The number of hydrogen-bond acceptors (Lipinski definition) is 3. The van der Waals surface area contributed by atoms with Crippen LogP contribution in [-0.4, -0.2) is 0 Å². The van der Waals surface area contributed by atoms with Gasteiger partial charge in [-0.05, 0) is 57.3 Å². The monoisotopic (exact) mass is 513 g/mol. The Bertz CT molecular complexity index is 1560. The molecule has 6 heteroatoms. The van der Waals surface area contributed by atoms with Crippen LogP contribution in [0.2, 0.25) is 5.02 Å². The van der Waals surface area contributed by atoms with Crippen LogP contribution >= 0.6 is 19.3 Å². The molecular weight excluding hydrogens is 489 g/mol. The molecule has 1 aliphatic heterocycles. The van der Waals surface area contributed by atoms with Crippen LogP contribution in [0, 0.1) is 5.92 Å². The van der Waals surface area contributed by atoms with E-state index < -0.39 is 7.75 Å². The molecule has 0 spiro atoms. The number of rotatable bonds is 4. The Balaban J connectivity index is 1.56. The van der Waals surface area contributed by atoms with Gasteiger partial charge in [0, 0.05) is 22.2 Å². The molecule has 5 aromatic carbocycles. The number of halogens is 1. The standard InChI is InChI=1S/C30H25ClNO3P/c1-19(2)30(22-11-15-23(31)16-12-22)32-36(33)34-26-17-13-20-7-3-5-9-24(20)28(26)29-25-10-6-4-8-21(25)14-18-27(29)35-36/h3-19,30H,1-2H3,(H,32,33)/t30-/m0/s1. The second-order valence-corrected chi connectivity index (χ2v) is 11.5. The summed E-state index contributed by atoms with van der Waals surface area (Å²) in [6, 6.07) is 31.3. The summed E-state index contributed by atoms with van der Waals surface area (Å²) in [6.45, 7) is 4.14. The van der Waals surface area contributed by atoms with E-state index >= 15 is 0 Å². The molecule has 1 atom stereocenters. The van der Waals surface area contributed by atoms with Crippen LogP contribution in [0.4, 0.5) is 0 Å². The Morgan fingerprint density at radius 3 is 1.69 bits per heavy atom. The van der Waals surface area contributed by atoms with Gasteiger partial charge in [-0.15, -0.1) is 0 Å². The van der Waals surface area contributed by atoms with Gasteiger partial charge < -0.3 is 9.05 Å². The Morgan fingerprint density at radius 2 is 1.19 bits per heavy atom. The third-order valence-corrected chi connectivity index (χ3v) is 8.38. The summed E-state index contributed by atoms with van der Waals surface area (Å²) in [6.07, 6.45) is 0. The summed E-state index contributed by atoms with van der Waals surface area (Å²) in [5.74, 6) is 1.16. The fraction of sp³-hybridized carbons (Fsp3) is 0.133. The van der Waals surface area contributed by atoms with Crippen molar-refractivity contribution in [3.8, 4) is 22.6 Å². The van der Waals surface area contributed by atoms with Gasteiger partial charge in [0.05, 0.1) is 0 Å². The predicted octanol–water partition coefficient (Wildman–Crippen LogP) is 9.18. The minimum absolute atomic E-state index is 0.111. The zero-order chi connectivity index (χ0) is 24.9. The van der Waals surface area contributed by atoms with Crippen molar-refractivity contribution >= 4 is 40.9 Å². The summed E-state index contributed by atoms with van der Waals surface area (Å²) < 4.78 is 27.0. The van der Waals surface area contributed by atoms with Gasteiger partial charge in [-0.2, -0.15) is 5.09 Å². The number of benzene rings is 5. The average Bonchev–Trinajstić information content (AvgIpc) is 3.01. The van der Waals surface area contributed by atoms with Gasteiger partial charge in [0.2, 0.25) is 0 Å². The van der Waals surface area contributed by atoms with E-state index in [4.69, 9.17) is 20.6 Å². The molecule has 0 unspecified atom stereocenters. The molecule has 4 nitrogen and oxygen atoms in total. The first-order valence-electron chi connectivity index (χ1n) is 12.0. The molecule has 0 saturated heterocycles. The van der Waals surface area contributed by atoms with Crippen LogP contribution in [-0.2, 0) is 4.57 Å². The van der Waals surface area contributed by atoms with Crippen LogP contribution in [0.3, 0.4) is 0 Å². The largest absolute Gasteiger partial charge is 0.513 e. The van der Waals surface area contributed by atoms with E-state index in [1.807, 2.05) is 72.8 Å². The maximum absolute atomic E-state index is 14.4. The van der Waals surface area contributed by atoms with Gasteiger partial charge in [0.1, 0.15) is 11.5 Å². The molecular formula is C30H25ClNO3P. The smallest absolute Gasteiger partial charge is 0.404 e. The lowest BCUT2D eigenvalue weighted by atomic mass is 9.92. The molecule has 0 radical (unpaired) electrons. The molecule has 1 heterocycles. The first-order valence-corrected chi connectivity index (χ1v) is 13.9. The molecule has 0 bridgehead atoms. The lowest BCUT2D eigenvalue weighted by Gasteiger charge is -2.27. The first-order chi connectivity index (χ1) is 17.4. The molecule has 36 heavy (non-hydrogen) atoms. The third-order valence-electron chi connectivity index (χ3n) is 6.66. The number of fused-ring (bicyclic) bond motifs is 7. The maximum atomic E-state index is 14.4. The fourth-order valence-electron chi connectivity index (χ4n) is 4.95. The fourth-order valence-corrected chi connectivity index (χ4v) is 6.83. The van der Waals surface area contributed by atoms with Crippen molar-refractivity contribution in [2.45, 2.75) is 19.9 Å². The Morgan fingerprint density at radius 1 is 0.694 bits per heavy atom. The zero-order valence-electron chi connectivity index (χ0n) is 19.9. The quantitative estimate of drug-likeness (QED) is 0.243. The Labute approximate surface area is 215 Å². The van der Waals surface area contributed by atoms with Gasteiger partial charge in [0.15, 0.2) is 0 Å². The first kappa shape index (κ1) is 23.1. The predicted molar refractivity (Wildman–Crippen MR) is 148 cm³/mol. The van der Waals surface area contributed by atoms with E-state index in [9.17, 15) is 4.57 Å². The number of nitrogens with one attached hydrogen (secondary N) is 1. The van der Waals surface area contributed by atoms with Crippen molar-refractivity contribution in [3.05, 3.63) is 108 Å². The van der Waals surface area contributed by atoms with Crippen molar-refractivity contribution in [1.82, 2.24) is 5.09 Å². The highest BCUT2D eigenvalue weighted by Gasteiger charge is 2.38. The highest BCUT2D eigenvalue weighted by atomic mass is 35.5. The molecule has 0 aliphatic carbocycles. The summed E-state index contributed by atoms with van der Waals surface area (Å²) in [5.41, 5.74) is 2.72. The molecule has 0 amide bonds. The van der Waals surface area contributed by atoms with Crippen LogP contribution < -0.4 is 14.1 Å². The van der Waals surface area contributed by atoms with Gasteiger partial charge in [-0.3, -0.25) is 0 Å². The van der Waals surface area contributed by atoms with Crippen LogP contribution in [0.15, 0.2) is 97.1 Å². The average molecular weight is 514 g/mol.